The van der Waals surface area contributed by atoms with E-state index in [2.05, 4.69) is 5.32 Å². The topological polar surface area (TPSA) is 51.5 Å². The zero-order valence-electron chi connectivity index (χ0n) is 11.7. The van der Waals surface area contributed by atoms with Gasteiger partial charge in [0.1, 0.15) is 12.4 Å². The lowest BCUT2D eigenvalue weighted by atomic mass is 9.92. The highest BCUT2D eigenvalue weighted by Gasteiger charge is 2.31. The first-order valence-electron chi connectivity index (χ1n) is 6.88. The molecule has 1 N–H and O–H groups in total. The van der Waals surface area contributed by atoms with E-state index in [1.165, 1.54) is 6.26 Å². The summed E-state index contributed by atoms with van der Waals surface area (Å²) in [6, 6.07) is 1.41. The van der Waals surface area contributed by atoms with Gasteiger partial charge in [0.05, 0.1) is 17.9 Å². The van der Waals surface area contributed by atoms with Crippen LogP contribution in [-0.2, 0) is 4.74 Å². The molecule has 0 radical (unpaired) electrons. The number of carbonyl (C=O) groups excluding carboxylic acids is 1. The molecule has 0 unspecified atom stereocenters. The summed E-state index contributed by atoms with van der Waals surface area (Å²) >= 11 is 0. The zero-order chi connectivity index (χ0) is 15.5. The number of furan rings is 1. The average Bonchev–Trinajstić information content (AvgIpc) is 2.82. The van der Waals surface area contributed by atoms with Crippen molar-refractivity contribution in [1.82, 2.24) is 5.32 Å². The highest BCUT2D eigenvalue weighted by atomic mass is 19.4. The second kappa shape index (κ2) is 6.51. The predicted octanol–water partition coefficient (Wildman–Crippen LogP) is 3.21. The van der Waals surface area contributed by atoms with Gasteiger partial charge in [-0.05, 0) is 38.7 Å². The van der Waals surface area contributed by atoms with Crippen molar-refractivity contribution in [2.24, 2.45) is 0 Å². The van der Waals surface area contributed by atoms with Gasteiger partial charge in [-0.3, -0.25) is 4.79 Å². The summed E-state index contributed by atoms with van der Waals surface area (Å²) in [5.74, 6) is 0.260. The van der Waals surface area contributed by atoms with Crippen LogP contribution in [0.1, 0.15) is 41.8 Å². The van der Waals surface area contributed by atoms with Crippen LogP contribution < -0.4 is 5.32 Å². The van der Waals surface area contributed by atoms with Crippen molar-refractivity contribution in [2.75, 3.05) is 6.61 Å². The molecule has 0 saturated heterocycles. The number of amides is 1. The number of alkyl halides is 3. The molecule has 1 aromatic heterocycles. The monoisotopic (exact) mass is 305 g/mol. The number of carbonyl (C=O) groups is 1. The zero-order valence-corrected chi connectivity index (χ0v) is 11.7. The van der Waals surface area contributed by atoms with Gasteiger partial charge in [-0.1, -0.05) is 0 Å². The lowest BCUT2D eigenvalue weighted by Crippen LogP contribution is -2.41. The third-order valence-electron chi connectivity index (χ3n) is 3.55. The Morgan fingerprint density at radius 1 is 1.48 bits per heavy atom. The number of nitrogens with one attached hydrogen (secondary N) is 1. The molecule has 0 bridgehead atoms. The van der Waals surface area contributed by atoms with E-state index in [-0.39, 0.29) is 11.9 Å². The van der Waals surface area contributed by atoms with E-state index in [1.807, 2.05) is 0 Å². The molecule has 1 heterocycles. The first-order chi connectivity index (χ1) is 9.85. The number of rotatable bonds is 4. The number of hydrogen-bond acceptors (Lipinski definition) is 3. The Morgan fingerprint density at radius 2 is 2.24 bits per heavy atom. The van der Waals surface area contributed by atoms with Crippen molar-refractivity contribution in [3.63, 3.8) is 0 Å². The first kappa shape index (κ1) is 15.9. The van der Waals surface area contributed by atoms with Crippen molar-refractivity contribution in [3.05, 3.63) is 23.7 Å². The SMILES string of the molecule is Cc1occc1C(=O)N[C@H]1CCC[C@@H](OCC(F)(F)F)C1. The van der Waals surface area contributed by atoms with Crippen molar-refractivity contribution in [1.29, 1.82) is 0 Å². The van der Waals surface area contributed by atoms with Gasteiger partial charge < -0.3 is 14.5 Å². The number of ether oxygens (including phenoxy) is 1. The molecule has 4 nitrogen and oxygen atoms in total. The maximum absolute atomic E-state index is 12.1. The van der Waals surface area contributed by atoms with E-state index >= 15 is 0 Å². The van der Waals surface area contributed by atoms with Gasteiger partial charge in [0.15, 0.2) is 0 Å². The van der Waals surface area contributed by atoms with E-state index in [9.17, 15) is 18.0 Å². The Morgan fingerprint density at radius 3 is 2.86 bits per heavy atom. The van der Waals surface area contributed by atoms with Crippen LogP contribution in [0.3, 0.4) is 0 Å². The van der Waals surface area contributed by atoms with E-state index < -0.39 is 18.9 Å². The standard InChI is InChI=1S/C14H18F3NO3/c1-9-12(5-6-20-9)13(19)18-10-3-2-4-11(7-10)21-8-14(15,16)17/h5-6,10-11H,2-4,7-8H2,1H3,(H,18,19)/t10-,11+/m0/s1. The van der Waals surface area contributed by atoms with Gasteiger partial charge in [0.2, 0.25) is 0 Å². The third-order valence-corrected chi connectivity index (χ3v) is 3.55. The van der Waals surface area contributed by atoms with Crippen LogP contribution in [0.25, 0.3) is 0 Å². The number of halogens is 3. The van der Waals surface area contributed by atoms with E-state index in [0.717, 1.165) is 12.8 Å². The average molecular weight is 305 g/mol. The quantitative estimate of drug-likeness (QED) is 0.929. The third kappa shape index (κ3) is 4.77. The summed E-state index contributed by atoms with van der Waals surface area (Å²) in [6.07, 6.45) is -0.876. The summed E-state index contributed by atoms with van der Waals surface area (Å²) in [5, 5.41) is 2.83. The molecule has 1 aliphatic carbocycles. The summed E-state index contributed by atoms with van der Waals surface area (Å²) in [7, 11) is 0. The summed E-state index contributed by atoms with van der Waals surface area (Å²) in [4.78, 5) is 12.0. The van der Waals surface area contributed by atoms with Crippen LogP contribution in [0.15, 0.2) is 16.7 Å². The van der Waals surface area contributed by atoms with Crippen LogP contribution in [0.2, 0.25) is 0 Å². The molecule has 0 spiro atoms. The Labute approximate surface area is 120 Å². The molecule has 0 aromatic carbocycles. The van der Waals surface area contributed by atoms with Crippen molar-refractivity contribution in [3.8, 4) is 0 Å². The van der Waals surface area contributed by atoms with Crippen LogP contribution in [0, 0.1) is 6.92 Å². The largest absolute Gasteiger partial charge is 0.469 e. The highest BCUT2D eigenvalue weighted by molar-refractivity contribution is 5.95. The normalized spacial score (nSPS) is 23.0. The summed E-state index contributed by atoms with van der Waals surface area (Å²) in [6.45, 7) is 0.449. The van der Waals surface area contributed by atoms with Gasteiger partial charge in [0, 0.05) is 6.04 Å². The molecule has 0 aliphatic heterocycles. The molecule has 1 aliphatic rings. The fourth-order valence-corrected chi connectivity index (χ4v) is 2.52. The Hall–Kier alpha value is -1.50. The highest BCUT2D eigenvalue weighted by Crippen LogP contribution is 2.24. The second-order valence-electron chi connectivity index (χ2n) is 5.28. The van der Waals surface area contributed by atoms with E-state index in [1.54, 1.807) is 13.0 Å². The lowest BCUT2D eigenvalue weighted by Gasteiger charge is -2.30. The number of aryl methyl sites for hydroxylation is 1. The Kier molecular flexibility index (Phi) is 4.92. The van der Waals surface area contributed by atoms with Crippen LogP contribution >= 0.6 is 0 Å². The van der Waals surface area contributed by atoms with Crippen molar-refractivity contribution >= 4 is 5.91 Å². The molecule has 1 amide bonds. The molecular formula is C14H18F3NO3. The molecule has 1 fully saturated rings. The fraction of sp³-hybridized carbons (Fsp3) is 0.643. The molecule has 7 heteroatoms. The van der Waals surface area contributed by atoms with Crippen molar-refractivity contribution < 1.29 is 27.1 Å². The molecule has 2 atom stereocenters. The number of hydrogen-bond donors (Lipinski definition) is 1. The van der Waals surface area contributed by atoms with E-state index in [0.29, 0.717) is 24.2 Å². The maximum Gasteiger partial charge on any atom is 0.411 e. The summed E-state index contributed by atoms with van der Waals surface area (Å²) < 4.78 is 46.4. The molecule has 21 heavy (non-hydrogen) atoms. The molecule has 1 aromatic rings. The predicted molar refractivity (Wildman–Crippen MR) is 69.0 cm³/mol. The van der Waals surface area contributed by atoms with Crippen molar-refractivity contribution in [2.45, 2.75) is 50.9 Å². The van der Waals surface area contributed by atoms with E-state index in [4.69, 9.17) is 9.15 Å². The fourth-order valence-electron chi connectivity index (χ4n) is 2.52. The minimum Gasteiger partial charge on any atom is -0.469 e. The molecule has 2 rings (SSSR count). The van der Waals surface area contributed by atoms with Gasteiger partial charge in [-0.2, -0.15) is 13.2 Å². The summed E-state index contributed by atoms with van der Waals surface area (Å²) in [5.41, 5.74) is 0.452. The maximum atomic E-state index is 12.1. The van der Waals surface area contributed by atoms with Gasteiger partial charge in [-0.15, -0.1) is 0 Å². The first-order valence-corrected chi connectivity index (χ1v) is 6.88. The smallest absolute Gasteiger partial charge is 0.411 e. The lowest BCUT2D eigenvalue weighted by molar-refractivity contribution is -0.188. The van der Waals surface area contributed by atoms with Crippen LogP contribution in [0.4, 0.5) is 13.2 Å². The minimum atomic E-state index is -4.32. The van der Waals surface area contributed by atoms with Crippen LogP contribution in [-0.4, -0.2) is 30.8 Å². The van der Waals surface area contributed by atoms with Crippen LogP contribution in [0.5, 0.6) is 0 Å². The van der Waals surface area contributed by atoms with Gasteiger partial charge in [-0.25, -0.2) is 0 Å². The molecule has 1 saturated carbocycles. The molecule has 118 valence electrons. The minimum absolute atomic E-state index is 0.168. The second-order valence-corrected chi connectivity index (χ2v) is 5.28. The molecular weight excluding hydrogens is 287 g/mol. The van der Waals surface area contributed by atoms with Gasteiger partial charge in [0.25, 0.3) is 5.91 Å². The Bertz CT molecular complexity index is 484. The van der Waals surface area contributed by atoms with Gasteiger partial charge >= 0.3 is 6.18 Å². The Balaban J connectivity index is 1.84.